The predicted octanol–water partition coefficient (Wildman–Crippen LogP) is 3.39. The number of nitrogens with one attached hydrogen (secondary N) is 1. The second-order valence-electron chi connectivity index (χ2n) is 7.58. The smallest absolute Gasteiger partial charge is 0.407 e. The van der Waals surface area contributed by atoms with Gasteiger partial charge < -0.3 is 19.6 Å². The molecule has 0 radical (unpaired) electrons. The molecule has 2 amide bonds. The number of aryl methyl sites for hydroxylation is 1. The monoisotopic (exact) mass is 426 g/mol. The number of aromatic nitrogens is 2. The number of piperazine rings is 1. The summed E-state index contributed by atoms with van der Waals surface area (Å²) in [6.45, 7) is 3.00. The number of benzene rings is 2. The Hall–Kier alpha value is -3.26. The lowest BCUT2D eigenvalue weighted by atomic mass is 9.95. The topological polar surface area (TPSA) is 98.8 Å². The van der Waals surface area contributed by atoms with Crippen LogP contribution in [0, 0.1) is 6.92 Å². The Bertz CT molecular complexity index is 1190. The molecule has 0 bridgehead atoms. The normalized spacial score (nSPS) is 18.6. The highest BCUT2D eigenvalue weighted by Crippen LogP contribution is 2.43. The molecule has 1 atom stereocenters. The van der Waals surface area contributed by atoms with Crippen LogP contribution in [-0.2, 0) is 0 Å². The third-order valence-corrected chi connectivity index (χ3v) is 6.24. The van der Waals surface area contributed by atoms with Crippen LogP contribution in [0.15, 0.2) is 30.5 Å². The Labute approximate surface area is 177 Å². The lowest BCUT2D eigenvalue weighted by Crippen LogP contribution is -2.57. The van der Waals surface area contributed by atoms with E-state index in [1.165, 1.54) is 4.90 Å². The lowest BCUT2D eigenvalue weighted by molar-refractivity contribution is 0.0390. The van der Waals surface area contributed by atoms with Gasteiger partial charge in [0.15, 0.2) is 5.75 Å². The van der Waals surface area contributed by atoms with Crippen molar-refractivity contribution in [2.24, 2.45) is 0 Å². The number of H-pyrrole nitrogens is 1. The molecule has 154 valence electrons. The maximum Gasteiger partial charge on any atom is 0.407 e. The highest BCUT2D eigenvalue weighted by Gasteiger charge is 2.37. The van der Waals surface area contributed by atoms with Crippen LogP contribution in [0.2, 0.25) is 5.02 Å². The maximum absolute atomic E-state index is 13.2. The van der Waals surface area contributed by atoms with Crippen molar-refractivity contribution in [3.8, 4) is 16.9 Å². The van der Waals surface area contributed by atoms with Crippen molar-refractivity contribution in [1.82, 2.24) is 20.0 Å². The molecule has 3 aromatic rings. The van der Waals surface area contributed by atoms with E-state index in [9.17, 15) is 14.7 Å². The second-order valence-corrected chi connectivity index (χ2v) is 7.96. The number of hydrogen-bond acceptors (Lipinski definition) is 4. The number of nitrogens with zero attached hydrogens (tertiary/aromatic N) is 3. The van der Waals surface area contributed by atoms with Crippen molar-refractivity contribution in [2.45, 2.75) is 13.0 Å². The molecule has 3 heterocycles. The van der Waals surface area contributed by atoms with Gasteiger partial charge in [0.05, 0.1) is 28.3 Å². The number of rotatable bonds is 1. The van der Waals surface area contributed by atoms with Crippen LogP contribution in [0.1, 0.15) is 15.9 Å². The Morgan fingerprint density at radius 1 is 1.27 bits per heavy atom. The number of hydrogen-bond donors (Lipinski definition) is 2. The molecule has 1 fully saturated rings. The summed E-state index contributed by atoms with van der Waals surface area (Å²) in [4.78, 5) is 27.5. The van der Waals surface area contributed by atoms with Gasteiger partial charge in [-0.3, -0.25) is 9.89 Å². The Balaban J connectivity index is 1.59. The largest absolute Gasteiger partial charge is 0.489 e. The Kier molecular flexibility index (Phi) is 4.32. The van der Waals surface area contributed by atoms with E-state index in [0.717, 1.165) is 27.6 Å². The highest BCUT2D eigenvalue weighted by molar-refractivity contribution is 6.36. The average molecular weight is 427 g/mol. The van der Waals surface area contributed by atoms with Gasteiger partial charge in [0.1, 0.15) is 6.61 Å². The molecule has 0 aliphatic carbocycles. The van der Waals surface area contributed by atoms with Crippen molar-refractivity contribution < 1.29 is 19.4 Å². The van der Waals surface area contributed by atoms with E-state index in [1.807, 2.05) is 25.1 Å². The van der Waals surface area contributed by atoms with Gasteiger partial charge in [-0.25, -0.2) is 4.79 Å². The number of carbonyl (C=O) groups is 2. The molecule has 2 N–H and O–H groups in total. The highest BCUT2D eigenvalue weighted by atomic mass is 35.5. The fourth-order valence-corrected chi connectivity index (χ4v) is 4.63. The van der Waals surface area contributed by atoms with Crippen LogP contribution in [-0.4, -0.2) is 69.4 Å². The minimum absolute atomic E-state index is 0.181. The first-order chi connectivity index (χ1) is 14.5. The molecule has 0 saturated carbocycles. The number of carbonyl (C=O) groups excluding carboxylic acids is 1. The van der Waals surface area contributed by atoms with E-state index in [-0.39, 0.29) is 31.6 Å². The number of aromatic amines is 1. The number of halogens is 1. The van der Waals surface area contributed by atoms with Gasteiger partial charge in [0.2, 0.25) is 0 Å². The van der Waals surface area contributed by atoms with Gasteiger partial charge in [0.25, 0.3) is 5.91 Å². The Morgan fingerprint density at radius 2 is 2.07 bits per heavy atom. The van der Waals surface area contributed by atoms with Crippen LogP contribution >= 0.6 is 11.6 Å². The van der Waals surface area contributed by atoms with Crippen LogP contribution in [0.3, 0.4) is 0 Å². The average Bonchev–Trinajstić information content (AvgIpc) is 3.15. The minimum atomic E-state index is -0.993. The summed E-state index contributed by atoms with van der Waals surface area (Å²) in [5.41, 5.74) is 4.01. The quantitative estimate of drug-likeness (QED) is 0.621. The van der Waals surface area contributed by atoms with Crippen molar-refractivity contribution in [2.75, 3.05) is 26.2 Å². The predicted molar refractivity (Wildman–Crippen MR) is 111 cm³/mol. The number of amides is 2. The summed E-state index contributed by atoms with van der Waals surface area (Å²) < 4.78 is 6.01. The molecule has 8 nitrogen and oxygen atoms in total. The summed E-state index contributed by atoms with van der Waals surface area (Å²) in [5.74, 6) is 0.152. The SMILES string of the molecule is Cc1ccc2[nH]ncc2c1-c1ccc2c(c1Cl)OC[C@H]1CN(C(=O)O)CCN1C2=O. The summed E-state index contributed by atoms with van der Waals surface area (Å²) >= 11 is 6.78. The first-order valence-corrected chi connectivity index (χ1v) is 10.0. The van der Waals surface area contributed by atoms with Crippen molar-refractivity contribution in [3.05, 3.63) is 46.6 Å². The number of fused-ring (bicyclic) bond motifs is 3. The molecule has 0 spiro atoms. The molecule has 9 heteroatoms. The fraction of sp³-hybridized carbons (Fsp3) is 0.286. The lowest BCUT2D eigenvalue weighted by Gasteiger charge is -2.38. The van der Waals surface area contributed by atoms with Gasteiger partial charge >= 0.3 is 6.09 Å². The molecule has 30 heavy (non-hydrogen) atoms. The van der Waals surface area contributed by atoms with E-state index in [4.69, 9.17) is 16.3 Å². The van der Waals surface area contributed by atoms with Crippen molar-refractivity contribution in [3.63, 3.8) is 0 Å². The van der Waals surface area contributed by atoms with Crippen LogP contribution in [0.5, 0.6) is 5.75 Å². The van der Waals surface area contributed by atoms with E-state index >= 15 is 0 Å². The van der Waals surface area contributed by atoms with E-state index < -0.39 is 6.09 Å². The first-order valence-electron chi connectivity index (χ1n) is 9.63. The van der Waals surface area contributed by atoms with E-state index in [0.29, 0.717) is 22.9 Å². The number of carboxylic acid groups (broad SMARTS) is 1. The zero-order chi connectivity index (χ0) is 21.0. The number of ether oxygens (including phenoxy) is 1. The molecule has 5 rings (SSSR count). The van der Waals surface area contributed by atoms with E-state index in [2.05, 4.69) is 10.2 Å². The van der Waals surface area contributed by atoms with Gasteiger partial charge in [0, 0.05) is 30.6 Å². The maximum atomic E-state index is 13.2. The van der Waals surface area contributed by atoms with Gasteiger partial charge in [-0.05, 0) is 30.2 Å². The standard InChI is InChI=1S/C21H19ClN4O4/c1-11-2-5-16-15(8-23-24-16)17(11)13-3-4-14-19(18(13)22)30-10-12-9-25(21(28)29)6-7-26(12)20(14)27/h2-5,8,12H,6-7,9-10H2,1H3,(H,23,24)(H,28,29)/t12-/m1/s1. The van der Waals surface area contributed by atoms with Gasteiger partial charge in [-0.2, -0.15) is 5.10 Å². The van der Waals surface area contributed by atoms with Gasteiger partial charge in [-0.15, -0.1) is 0 Å². The Morgan fingerprint density at radius 3 is 2.87 bits per heavy atom. The molecule has 2 aliphatic rings. The molecule has 0 unspecified atom stereocenters. The molecular formula is C21H19ClN4O4. The van der Waals surface area contributed by atoms with Gasteiger partial charge in [-0.1, -0.05) is 23.7 Å². The summed E-state index contributed by atoms with van der Waals surface area (Å²) in [6, 6.07) is 7.18. The molecule has 2 aliphatic heterocycles. The van der Waals surface area contributed by atoms with E-state index in [1.54, 1.807) is 17.2 Å². The molecule has 1 aromatic heterocycles. The minimum Gasteiger partial charge on any atom is -0.489 e. The van der Waals surface area contributed by atoms with Crippen molar-refractivity contribution >= 4 is 34.5 Å². The molecular weight excluding hydrogens is 408 g/mol. The summed E-state index contributed by atoms with van der Waals surface area (Å²) in [7, 11) is 0. The van der Waals surface area contributed by atoms with Crippen LogP contribution in [0.4, 0.5) is 4.79 Å². The summed E-state index contributed by atoms with van der Waals surface area (Å²) in [6.07, 6.45) is 0.764. The van der Waals surface area contributed by atoms with Crippen molar-refractivity contribution in [1.29, 1.82) is 0 Å². The molecule has 1 saturated heterocycles. The zero-order valence-corrected chi connectivity index (χ0v) is 16.9. The van der Waals surface area contributed by atoms with Crippen LogP contribution < -0.4 is 4.74 Å². The third kappa shape index (κ3) is 2.79. The summed E-state index contributed by atoms with van der Waals surface area (Å²) in [5, 5.41) is 17.7. The second kappa shape index (κ2) is 6.91. The third-order valence-electron chi connectivity index (χ3n) is 5.86. The first kappa shape index (κ1) is 18.7. The molecule has 2 aromatic carbocycles. The zero-order valence-electron chi connectivity index (χ0n) is 16.2. The van der Waals surface area contributed by atoms with Crippen LogP contribution in [0.25, 0.3) is 22.0 Å². The fourth-order valence-electron chi connectivity index (χ4n) is 4.32.